The quantitative estimate of drug-likeness (QED) is 0.618. The fourth-order valence-electron chi connectivity index (χ4n) is 1.47. The van der Waals surface area contributed by atoms with E-state index in [0.717, 1.165) is 0 Å². The first-order chi connectivity index (χ1) is 9.54. The zero-order valence-corrected chi connectivity index (χ0v) is 11.2. The van der Waals surface area contributed by atoms with Crippen LogP contribution in [0.4, 0.5) is 4.79 Å². The van der Waals surface area contributed by atoms with Crippen LogP contribution in [0, 0.1) is 0 Å². The fraction of sp³-hybridized carbons (Fsp3) is 0.250. The number of nitrogens with one attached hydrogen (secondary N) is 1. The highest BCUT2D eigenvalue weighted by atomic mass is 16.5. The van der Waals surface area contributed by atoms with Crippen LogP contribution >= 0.6 is 0 Å². The normalized spacial score (nSPS) is 10.2. The number of benzene rings is 1. The van der Waals surface area contributed by atoms with Gasteiger partial charge < -0.3 is 19.3 Å². The summed E-state index contributed by atoms with van der Waals surface area (Å²) in [6.07, 6.45) is 0.404. The molecule has 1 aromatic rings. The predicted molar refractivity (Wildman–Crippen MR) is 69.6 cm³/mol. The van der Waals surface area contributed by atoms with Crippen molar-refractivity contribution >= 4 is 18.3 Å². The Morgan fingerprint density at radius 3 is 2.45 bits per heavy atom. The summed E-state index contributed by atoms with van der Waals surface area (Å²) in [7, 11) is 3.91. The van der Waals surface area contributed by atoms with Gasteiger partial charge in [-0.1, -0.05) is 0 Å². The van der Waals surface area contributed by atoms with E-state index in [1.807, 2.05) is 0 Å². The Bertz CT molecular complexity index is 541. The molecule has 0 saturated carbocycles. The minimum Gasteiger partial charge on any atom is -0.493 e. The van der Waals surface area contributed by atoms with E-state index in [9.17, 15) is 14.7 Å². The van der Waals surface area contributed by atoms with Crippen LogP contribution in [0.25, 0.3) is 0 Å². The SMILES string of the molecule is COC(=O)N/N=C\c1ccc(OC)c(OC)c1C(=O)O. The Hall–Kier alpha value is -2.77. The van der Waals surface area contributed by atoms with Gasteiger partial charge in [-0.3, -0.25) is 0 Å². The first kappa shape index (κ1) is 15.3. The number of rotatable bonds is 5. The lowest BCUT2D eigenvalue weighted by Gasteiger charge is -2.12. The van der Waals surface area contributed by atoms with Gasteiger partial charge in [-0.25, -0.2) is 15.0 Å². The van der Waals surface area contributed by atoms with Crippen molar-refractivity contribution in [2.75, 3.05) is 21.3 Å². The largest absolute Gasteiger partial charge is 0.493 e. The highest BCUT2D eigenvalue weighted by molar-refractivity contribution is 6.01. The molecule has 0 saturated heterocycles. The molecule has 0 radical (unpaired) electrons. The number of carbonyl (C=O) groups is 2. The number of carboxylic acids is 1. The van der Waals surface area contributed by atoms with E-state index >= 15 is 0 Å². The summed E-state index contributed by atoms with van der Waals surface area (Å²) >= 11 is 0. The van der Waals surface area contributed by atoms with Crippen LogP contribution in [0.2, 0.25) is 0 Å². The van der Waals surface area contributed by atoms with Crippen molar-refractivity contribution in [3.63, 3.8) is 0 Å². The number of methoxy groups -OCH3 is 3. The Kier molecular flexibility index (Phi) is 5.33. The van der Waals surface area contributed by atoms with Crippen LogP contribution in [0.1, 0.15) is 15.9 Å². The number of hydrazone groups is 1. The van der Waals surface area contributed by atoms with Crippen molar-refractivity contribution in [3.05, 3.63) is 23.3 Å². The summed E-state index contributed by atoms with van der Waals surface area (Å²) in [6, 6.07) is 3.01. The molecule has 2 N–H and O–H groups in total. The van der Waals surface area contributed by atoms with Gasteiger partial charge >= 0.3 is 12.1 Å². The molecule has 0 unspecified atom stereocenters. The first-order valence-electron chi connectivity index (χ1n) is 5.40. The lowest BCUT2D eigenvalue weighted by Crippen LogP contribution is -2.17. The third kappa shape index (κ3) is 3.37. The Balaban J connectivity index is 3.19. The summed E-state index contributed by atoms with van der Waals surface area (Å²) in [5, 5.41) is 12.8. The molecule has 1 aromatic carbocycles. The summed E-state index contributed by atoms with van der Waals surface area (Å²) < 4.78 is 14.4. The molecule has 8 heteroatoms. The third-order valence-electron chi connectivity index (χ3n) is 2.34. The van der Waals surface area contributed by atoms with E-state index in [1.165, 1.54) is 39.7 Å². The molecule has 0 aliphatic heterocycles. The van der Waals surface area contributed by atoms with E-state index < -0.39 is 12.1 Å². The lowest BCUT2D eigenvalue weighted by atomic mass is 10.1. The van der Waals surface area contributed by atoms with Gasteiger partial charge in [-0.2, -0.15) is 5.10 Å². The monoisotopic (exact) mass is 282 g/mol. The molecule has 0 bridgehead atoms. The fourth-order valence-corrected chi connectivity index (χ4v) is 1.47. The number of nitrogens with zero attached hydrogens (tertiary/aromatic N) is 1. The van der Waals surface area contributed by atoms with Crippen molar-refractivity contribution < 1.29 is 28.9 Å². The second-order valence-corrected chi connectivity index (χ2v) is 3.43. The molecule has 1 rings (SSSR count). The van der Waals surface area contributed by atoms with Crippen molar-refractivity contribution in [1.82, 2.24) is 5.43 Å². The maximum atomic E-state index is 11.3. The Labute approximate surface area is 114 Å². The second kappa shape index (κ2) is 6.98. The molecular formula is C12H14N2O6. The summed E-state index contributed by atoms with van der Waals surface area (Å²) in [5.41, 5.74) is 2.18. The van der Waals surface area contributed by atoms with Gasteiger partial charge in [-0.05, 0) is 12.1 Å². The van der Waals surface area contributed by atoms with E-state index in [-0.39, 0.29) is 22.6 Å². The lowest BCUT2D eigenvalue weighted by molar-refractivity contribution is 0.0692. The number of carbonyl (C=O) groups excluding carboxylic acids is 1. The minimum atomic E-state index is -1.21. The number of hydrogen-bond acceptors (Lipinski definition) is 6. The van der Waals surface area contributed by atoms with Gasteiger partial charge in [0.1, 0.15) is 5.56 Å². The number of ether oxygens (including phenoxy) is 3. The number of aromatic carboxylic acids is 1. The van der Waals surface area contributed by atoms with Crippen molar-refractivity contribution in [1.29, 1.82) is 0 Å². The Morgan fingerprint density at radius 1 is 1.25 bits per heavy atom. The van der Waals surface area contributed by atoms with E-state index in [2.05, 4.69) is 15.3 Å². The van der Waals surface area contributed by atoms with E-state index in [0.29, 0.717) is 0 Å². The van der Waals surface area contributed by atoms with Crippen LogP contribution in [-0.2, 0) is 4.74 Å². The summed E-state index contributed by atoms with van der Waals surface area (Å²) in [6.45, 7) is 0. The zero-order chi connectivity index (χ0) is 15.1. The van der Waals surface area contributed by atoms with Gasteiger partial charge in [0, 0.05) is 5.56 Å². The van der Waals surface area contributed by atoms with E-state index in [4.69, 9.17) is 9.47 Å². The summed E-state index contributed by atoms with van der Waals surface area (Å²) in [5.74, 6) is -0.856. The molecule has 0 aliphatic rings. The molecule has 8 nitrogen and oxygen atoms in total. The molecule has 0 aromatic heterocycles. The second-order valence-electron chi connectivity index (χ2n) is 3.43. The molecule has 0 spiro atoms. The molecule has 0 aliphatic carbocycles. The van der Waals surface area contributed by atoms with Crippen LogP contribution in [0.5, 0.6) is 11.5 Å². The van der Waals surface area contributed by atoms with Crippen molar-refractivity contribution in [2.24, 2.45) is 5.10 Å². The topological polar surface area (TPSA) is 106 Å². The molecule has 0 heterocycles. The van der Waals surface area contributed by atoms with E-state index in [1.54, 1.807) is 0 Å². The standard InChI is InChI=1S/C12H14N2O6/c1-18-8-5-4-7(6-13-14-12(17)20-3)9(11(15)16)10(8)19-2/h4-6H,1-3H3,(H,14,17)(H,15,16)/b13-6-. The third-order valence-corrected chi connectivity index (χ3v) is 2.34. The molecule has 20 heavy (non-hydrogen) atoms. The van der Waals surface area contributed by atoms with Gasteiger partial charge in [0.25, 0.3) is 0 Å². The number of hydrogen-bond donors (Lipinski definition) is 2. The van der Waals surface area contributed by atoms with Crippen LogP contribution in [0.3, 0.4) is 0 Å². The Morgan fingerprint density at radius 2 is 1.95 bits per heavy atom. The van der Waals surface area contributed by atoms with Crippen LogP contribution in [0.15, 0.2) is 17.2 Å². The summed E-state index contributed by atoms with van der Waals surface area (Å²) in [4.78, 5) is 22.1. The smallest absolute Gasteiger partial charge is 0.427 e. The average Bonchev–Trinajstić information content (AvgIpc) is 2.45. The average molecular weight is 282 g/mol. The van der Waals surface area contributed by atoms with Crippen molar-refractivity contribution in [2.45, 2.75) is 0 Å². The van der Waals surface area contributed by atoms with Gasteiger partial charge in [0.15, 0.2) is 11.5 Å². The number of carboxylic acid groups (broad SMARTS) is 1. The maximum absolute atomic E-state index is 11.3. The van der Waals surface area contributed by atoms with Gasteiger partial charge in [0.2, 0.25) is 0 Å². The molecule has 1 amide bonds. The maximum Gasteiger partial charge on any atom is 0.427 e. The minimum absolute atomic E-state index is 0.0713. The first-order valence-corrected chi connectivity index (χ1v) is 5.40. The van der Waals surface area contributed by atoms with Gasteiger partial charge in [0.05, 0.1) is 27.5 Å². The molecular weight excluding hydrogens is 268 g/mol. The highest BCUT2D eigenvalue weighted by Gasteiger charge is 2.19. The van der Waals surface area contributed by atoms with Crippen molar-refractivity contribution in [3.8, 4) is 11.5 Å². The highest BCUT2D eigenvalue weighted by Crippen LogP contribution is 2.32. The molecule has 0 fully saturated rings. The predicted octanol–water partition coefficient (Wildman–Crippen LogP) is 1.09. The van der Waals surface area contributed by atoms with Crippen LogP contribution in [-0.4, -0.2) is 44.7 Å². The zero-order valence-electron chi connectivity index (χ0n) is 11.2. The molecule has 0 atom stereocenters. The molecule has 108 valence electrons. The van der Waals surface area contributed by atoms with Gasteiger partial charge in [-0.15, -0.1) is 0 Å². The number of amides is 1. The van der Waals surface area contributed by atoms with Crippen LogP contribution < -0.4 is 14.9 Å².